The fraction of sp³-hybridized carbons (Fsp3) is 0.214. The highest BCUT2D eigenvalue weighted by Gasteiger charge is 2.11. The minimum atomic E-state index is -0.518. The van der Waals surface area contributed by atoms with Gasteiger partial charge >= 0.3 is 5.97 Å². The summed E-state index contributed by atoms with van der Waals surface area (Å²) in [6.45, 7) is 3.49. The molecular formula is C14H14N2O3S. The molecule has 0 saturated heterocycles. The van der Waals surface area contributed by atoms with Crippen molar-refractivity contribution in [3.05, 3.63) is 46.5 Å². The van der Waals surface area contributed by atoms with Crippen molar-refractivity contribution in [3.8, 4) is 0 Å². The quantitative estimate of drug-likeness (QED) is 0.879. The zero-order valence-corrected chi connectivity index (χ0v) is 12.0. The smallest absolute Gasteiger partial charge is 0.338 e. The standard InChI is InChI=1S/C14H14N2O3S/c1-9-3-5-11(6-4-9)13(18)19-8-12(17)16-14-15-7-10(2)20-14/h3-7H,8H2,1-2H3,(H,15,16,17). The Morgan fingerprint density at radius 2 is 1.95 bits per heavy atom. The summed E-state index contributed by atoms with van der Waals surface area (Å²) in [5.74, 6) is -0.921. The van der Waals surface area contributed by atoms with Crippen molar-refractivity contribution in [1.29, 1.82) is 0 Å². The van der Waals surface area contributed by atoms with E-state index in [2.05, 4.69) is 10.3 Å². The van der Waals surface area contributed by atoms with E-state index in [1.165, 1.54) is 11.3 Å². The lowest BCUT2D eigenvalue weighted by Crippen LogP contribution is -2.20. The van der Waals surface area contributed by atoms with Crippen LogP contribution in [0, 0.1) is 13.8 Å². The molecule has 0 spiro atoms. The molecule has 0 fully saturated rings. The number of hydrogen-bond acceptors (Lipinski definition) is 5. The Kier molecular flexibility index (Phi) is 4.47. The van der Waals surface area contributed by atoms with Crippen LogP contribution in [0.3, 0.4) is 0 Å². The number of nitrogens with one attached hydrogen (secondary N) is 1. The molecule has 2 rings (SSSR count). The van der Waals surface area contributed by atoms with E-state index in [0.717, 1.165) is 10.4 Å². The predicted molar refractivity (Wildman–Crippen MR) is 76.9 cm³/mol. The van der Waals surface area contributed by atoms with Gasteiger partial charge in [-0.3, -0.25) is 10.1 Å². The lowest BCUT2D eigenvalue weighted by atomic mass is 10.1. The minimum Gasteiger partial charge on any atom is -0.452 e. The normalized spacial score (nSPS) is 10.1. The van der Waals surface area contributed by atoms with Gasteiger partial charge in [-0.25, -0.2) is 9.78 Å². The third kappa shape index (κ3) is 3.89. The number of benzene rings is 1. The van der Waals surface area contributed by atoms with Crippen molar-refractivity contribution < 1.29 is 14.3 Å². The summed E-state index contributed by atoms with van der Waals surface area (Å²) >= 11 is 1.36. The highest BCUT2D eigenvalue weighted by Crippen LogP contribution is 2.16. The number of anilines is 1. The lowest BCUT2D eigenvalue weighted by Gasteiger charge is -2.04. The summed E-state index contributed by atoms with van der Waals surface area (Å²) in [4.78, 5) is 28.3. The predicted octanol–water partition coefficient (Wildman–Crippen LogP) is 2.56. The molecule has 1 aromatic carbocycles. The molecular weight excluding hydrogens is 276 g/mol. The minimum absolute atomic E-state index is 0.328. The van der Waals surface area contributed by atoms with Crippen LogP contribution in [0.5, 0.6) is 0 Å². The Labute approximate surface area is 120 Å². The average Bonchev–Trinajstić information content (AvgIpc) is 2.82. The summed E-state index contributed by atoms with van der Waals surface area (Å²) in [6.07, 6.45) is 1.67. The second-order valence-electron chi connectivity index (χ2n) is 4.27. The Balaban J connectivity index is 1.84. The molecule has 0 aliphatic heterocycles. The van der Waals surface area contributed by atoms with Gasteiger partial charge in [0.15, 0.2) is 11.7 Å². The van der Waals surface area contributed by atoms with Crippen molar-refractivity contribution in [1.82, 2.24) is 4.98 Å². The summed E-state index contributed by atoms with van der Waals surface area (Å²) in [5.41, 5.74) is 1.48. The van der Waals surface area contributed by atoms with E-state index in [1.54, 1.807) is 18.3 Å². The van der Waals surface area contributed by atoms with Crippen molar-refractivity contribution >= 4 is 28.3 Å². The topological polar surface area (TPSA) is 68.3 Å². The van der Waals surface area contributed by atoms with Crippen LogP contribution in [0.25, 0.3) is 0 Å². The molecule has 6 heteroatoms. The van der Waals surface area contributed by atoms with Crippen LogP contribution in [0.15, 0.2) is 30.5 Å². The summed E-state index contributed by atoms with van der Waals surface area (Å²) in [5, 5.41) is 3.07. The Morgan fingerprint density at radius 1 is 1.25 bits per heavy atom. The molecule has 20 heavy (non-hydrogen) atoms. The van der Waals surface area contributed by atoms with E-state index in [-0.39, 0.29) is 6.61 Å². The highest BCUT2D eigenvalue weighted by molar-refractivity contribution is 7.15. The van der Waals surface area contributed by atoms with Crippen LogP contribution in [-0.4, -0.2) is 23.5 Å². The van der Waals surface area contributed by atoms with Crippen LogP contribution in [-0.2, 0) is 9.53 Å². The Hall–Kier alpha value is -2.21. The number of esters is 1. The summed E-state index contributed by atoms with van der Waals surface area (Å²) < 4.78 is 4.93. The van der Waals surface area contributed by atoms with E-state index >= 15 is 0 Å². The maximum Gasteiger partial charge on any atom is 0.338 e. The average molecular weight is 290 g/mol. The lowest BCUT2D eigenvalue weighted by molar-refractivity contribution is -0.119. The van der Waals surface area contributed by atoms with Crippen molar-refractivity contribution in [2.24, 2.45) is 0 Å². The van der Waals surface area contributed by atoms with E-state index < -0.39 is 11.9 Å². The molecule has 1 aromatic heterocycles. The highest BCUT2D eigenvalue weighted by atomic mass is 32.1. The first-order valence-electron chi connectivity index (χ1n) is 6.00. The van der Waals surface area contributed by atoms with E-state index in [0.29, 0.717) is 10.7 Å². The molecule has 0 saturated carbocycles. The first-order chi connectivity index (χ1) is 9.54. The van der Waals surface area contributed by atoms with Gasteiger partial charge in [-0.15, -0.1) is 11.3 Å². The fourth-order valence-electron chi connectivity index (χ4n) is 1.47. The van der Waals surface area contributed by atoms with Gasteiger partial charge in [-0.1, -0.05) is 17.7 Å². The number of carbonyl (C=O) groups is 2. The summed E-state index contributed by atoms with van der Waals surface area (Å²) in [7, 11) is 0. The monoisotopic (exact) mass is 290 g/mol. The molecule has 0 bridgehead atoms. The van der Waals surface area contributed by atoms with Gasteiger partial charge in [0.05, 0.1) is 5.56 Å². The molecule has 0 aliphatic carbocycles. The second kappa shape index (κ2) is 6.29. The van der Waals surface area contributed by atoms with Crippen LogP contribution in [0.2, 0.25) is 0 Å². The molecule has 0 unspecified atom stereocenters. The Bertz CT molecular complexity index is 620. The largest absolute Gasteiger partial charge is 0.452 e. The van der Waals surface area contributed by atoms with Gasteiger partial charge in [-0.2, -0.15) is 0 Å². The number of ether oxygens (including phenoxy) is 1. The first-order valence-corrected chi connectivity index (χ1v) is 6.82. The molecule has 1 amide bonds. The number of aromatic nitrogens is 1. The van der Waals surface area contributed by atoms with Gasteiger partial charge in [0.25, 0.3) is 5.91 Å². The maximum atomic E-state index is 11.7. The van der Waals surface area contributed by atoms with Crippen molar-refractivity contribution in [2.75, 3.05) is 11.9 Å². The number of nitrogens with zero attached hydrogens (tertiary/aromatic N) is 1. The van der Waals surface area contributed by atoms with E-state index in [9.17, 15) is 9.59 Å². The molecule has 0 radical (unpaired) electrons. The molecule has 1 heterocycles. The molecule has 0 aliphatic rings. The van der Waals surface area contributed by atoms with Crippen LogP contribution in [0.4, 0.5) is 5.13 Å². The SMILES string of the molecule is Cc1ccc(C(=O)OCC(=O)Nc2ncc(C)s2)cc1. The summed E-state index contributed by atoms with van der Waals surface area (Å²) in [6, 6.07) is 6.96. The number of hydrogen-bond donors (Lipinski definition) is 1. The third-order valence-corrected chi connectivity index (χ3v) is 3.32. The second-order valence-corrected chi connectivity index (χ2v) is 5.50. The van der Waals surface area contributed by atoms with Gasteiger partial charge in [-0.05, 0) is 26.0 Å². The number of amides is 1. The molecule has 1 N–H and O–H groups in total. The maximum absolute atomic E-state index is 11.7. The molecule has 5 nitrogen and oxygen atoms in total. The Morgan fingerprint density at radius 3 is 2.55 bits per heavy atom. The van der Waals surface area contributed by atoms with Gasteiger partial charge in [0.2, 0.25) is 0 Å². The van der Waals surface area contributed by atoms with E-state index in [4.69, 9.17) is 4.74 Å². The number of carbonyl (C=O) groups excluding carboxylic acids is 2. The first kappa shape index (κ1) is 14.2. The van der Waals surface area contributed by atoms with Gasteiger partial charge in [0, 0.05) is 11.1 Å². The van der Waals surface area contributed by atoms with Crippen LogP contribution in [0.1, 0.15) is 20.8 Å². The van der Waals surface area contributed by atoms with Crippen LogP contribution >= 0.6 is 11.3 Å². The fourth-order valence-corrected chi connectivity index (χ4v) is 2.15. The molecule has 2 aromatic rings. The molecule has 104 valence electrons. The van der Waals surface area contributed by atoms with E-state index in [1.807, 2.05) is 26.0 Å². The van der Waals surface area contributed by atoms with Gasteiger partial charge in [0.1, 0.15) is 0 Å². The number of rotatable bonds is 4. The third-order valence-electron chi connectivity index (χ3n) is 2.49. The number of thiazole rings is 1. The van der Waals surface area contributed by atoms with Crippen molar-refractivity contribution in [3.63, 3.8) is 0 Å². The van der Waals surface area contributed by atoms with Crippen molar-refractivity contribution in [2.45, 2.75) is 13.8 Å². The van der Waals surface area contributed by atoms with Crippen LogP contribution < -0.4 is 5.32 Å². The zero-order chi connectivity index (χ0) is 14.5. The number of aryl methyl sites for hydroxylation is 2. The van der Waals surface area contributed by atoms with Gasteiger partial charge < -0.3 is 4.74 Å². The molecule has 0 atom stereocenters. The zero-order valence-electron chi connectivity index (χ0n) is 11.2.